The third kappa shape index (κ3) is 2.88. The van der Waals surface area contributed by atoms with Gasteiger partial charge in [0.15, 0.2) is 0 Å². The number of nitrogens with zero attached hydrogens (tertiary/aromatic N) is 2. The highest BCUT2D eigenvalue weighted by Gasteiger charge is 2.13. The van der Waals surface area contributed by atoms with Gasteiger partial charge >= 0.3 is 0 Å². The van der Waals surface area contributed by atoms with Crippen molar-refractivity contribution in [2.75, 3.05) is 0 Å². The lowest BCUT2D eigenvalue weighted by Crippen LogP contribution is -2.27. The Balaban J connectivity index is 1.75. The van der Waals surface area contributed by atoms with E-state index >= 15 is 0 Å². The fraction of sp³-hybridized carbons (Fsp3) is 0.250. The van der Waals surface area contributed by atoms with E-state index in [1.807, 2.05) is 42.6 Å². The van der Waals surface area contributed by atoms with Crippen molar-refractivity contribution in [1.82, 2.24) is 14.9 Å². The van der Waals surface area contributed by atoms with Gasteiger partial charge in [-0.1, -0.05) is 12.1 Å². The minimum atomic E-state index is -0.188. The molecule has 0 saturated heterocycles. The summed E-state index contributed by atoms with van der Waals surface area (Å²) in [6.07, 6.45) is 0. The van der Waals surface area contributed by atoms with Crippen LogP contribution < -0.4 is 5.32 Å². The molecule has 3 rings (SSSR count). The minimum absolute atomic E-state index is 0.0920. The summed E-state index contributed by atoms with van der Waals surface area (Å²) in [5, 5.41) is 14.4. The maximum Gasteiger partial charge on any atom is 0.240 e. The van der Waals surface area contributed by atoms with E-state index < -0.39 is 0 Å². The van der Waals surface area contributed by atoms with Gasteiger partial charge in [0.25, 0.3) is 0 Å². The van der Waals surface area contributed by atoms with Gasteiger partial charge < -0.3 is 15.0 Å². The first-order valence-corrected chi connectivity index (χ1v) is 7.91. The van der Waals surface area contributed by atoms with E-state index in [0.717, 1.165) is 15.9 Å². The molecule has 2 aromatic heterocycles. The summed E-state index contributed by atoms with van der Waals surface area (Å²) in [6.45, 7) is 2.53. The fourth-order valence-electron chi connectivity index (χ4n) is 2.39. The Hall–Kier alpha value is -2.18. The summed E-state index contributed by atoms with van der Waals surface area (Å²) >= 11 is 1.64. The van der Waals surface area contributed by atoms with E-state index in [1.165, 1.54) is 5.56 Å². The molecule has 3 aromatic rings. The molecule has 0 unspecified atom stereocenters. The van der Waals surface area contributed by atoms with Crippen molar-refractivity contribution in [3.8, 4) is 0 Å². The first-order valence-electron chi connectivity index (χ1n) is 7.03. The number of hydrogen-bond donors (Lipinski definition) is 2. The van der Waals surface area contributed by atoms with Crippen LogP contribution in [0.3, 0.4) is 0 Å². The van der Waals surface area contributed by atoms with E-state index in [9.17, 15) is 9.90 Å². The molecule has 0 radical (unpaired) electrons. The summed E-state index contributed by atoms with van der Waals surface area (Å²) in [7, 11) is 0. The van der Waals surface area contributed by atoms with Crippen LogP contribution in [0.5, 0.6) is 0 Å². The predicted octanol–water partition coefficient (Wildman–Crippen LogP) is 2.21. The van der Waals surface area contributed by atoms with Crippen LogP contribution in [0.25, 0.3) is 11.0 Å². The van der Waals surface area contributed by atoms with Crippen molar-refractivity contribution in [3.63, 3.8) is 0 Å². The van der Waals surface area contributed by atoms with Gasteiger partial charge in [-0.15, -0.1) is 11.3 Å². The first kappa shape index (κ1) is 14.7. The number of fused-ring (bicyclic) bond motifs is 1. The molecule has 0 atom stereocenters. The molecule has 0 bridgehead atoms. The molecule has 0 fully saturated rings. The van der Waals surface area contributed by atoms with Gasteiger partial charge in [0.05, 0.1) is 17.6 Å². The van der Waals surface area contributed by atoms with Gasteiger partial charge in [-0.05, 0) is 36.1 Å². The Morgan fingerprint density at radius 1 is 1.36 bits per heavy atom. The summed E-state index contributed by atoms with van der Waals surface area (Å²) in [4.78, 5) is 17.7. The molecule has 22 heavy (non-hydrogen) atoms. The van der Waals surface area contributed by atoms with Crippen LogP contribution >= 0.6 is 11.3 Å². The Labute approximate surface area is 132 Å². The number of carbonyl (C=O) groups excluding carboxylic acids is 1. The van der Waals surface area contributed by atoms with Crippen LogP contribution in [0.2, 0.25) is 0 Å². The molecule has 5 nitrogen and oxygen atoms in total. The average molecular weight is 315 g/mol. The zero-order chi connectivity index (χ0) is 15.5. The number of para-hydroxylation sites is 2. The summed E-state index contributed by atoms with van der Waals surface area (Å²) in [5.74, 6) is 0.411. The molecule has 0 spiro atoms. The molecule has 0 saturated carbocycles. The number of nitrogens with one attached hydrogen (secondary N) is 1. The van der Waals surface area contributed by atoms with Gasteiger partial charge in [-0.3, -0.25) is 4.79 Å². The van der Waals surface area contributed by atoms with Crippen molar-refractivity contribution >= 4 is 28.3 Å². The number of rotatable bonds is 5. The topological polar surface area (TPSA) is 67.2 Å². The normalized spacial score (nSPS) is 11.0. The highest BCUT2D eigenvalue weighted by Crippen LogP contribution is 2.17. The third-order valence-electron chi connectivity index (χ3n) is 3.59. The van der Waals surface area contributed by atoms with Gasteiger partial charge in [-0.2, -0.15) is 0 Å². The second-order valence-electron chi connectivity index (χ2n) is 5.06. The number of aromatic nitrogens is 2. The number of aryl methyl sites for hydroxylation is 1. The number of amides is 1. The summed E-state index contributed by atoms with van der Waals surface area (Å²) < 4.78 is 1.76. The van der Waals surface area contributed by atoms with E-state index in [2.05, 4.69) is 10.3 Å². The van der Waals surface area contributed by atoms with Crippen LogP contribution in [-0.2, 0) is 24.5 Å². The Kier molecular flexibility index (Phi) is 4.22. The number of hydrogen-bond acceptors (Lipinski definition) is 4. The zero-order valence-corrected chi connectivity index (χ0v) is 13.1. The maximum absolute atomic E-state index is 12.2. The smallest absolute Gasteiger partial charge is 0.240 e. The molecule has 0 aliphatic rings. The van der Waals surface area contributed by atoms with Crippen molar-refractivity contribution in [1.29, 1.82) is 0 Å². The first-order chi connectivity index (χ1) is 10.7. The van der Waals surface area contributed by atoms with E-state index in [1.54, 1.807) is 15.9 Å². The molecule has 114 valence electrons. The van der Waals surface area contributed by atoms with E-state index in [4.69, 9.17) is 0 Å². The fourth-order valence-corrected chi connectivity index (χ4v) is 3.23. The lowest BCUT2D eigenvalue weighted by atomic mass is 10.3. The number of imidazole rings is 1. The van der Waals surface area contributed by atoms with Crippen LogP contribution in [0, 0.1) is 6.92 Å². The zero-order valence-electron chi connectivity index (χ0n) is 12.2. The lowest BCUT2D eigenvalue weighted by Gasteiger charge is -2.09. The second kappa shape index (κ2) is 6.29. The highest BCUT2D eigenvalue weighted by molar-refractivity contribution is 7.10. The van der Waals surface area contributed by atoms with Crippen molar-refractivity contribution in [2.45, 2.75) is 26.6 Å². The van der Waals surface area contributed by atoms with Crippen LogP contribution in [0.1, 0.15) is 16.3 Å². The highest BCUT2D eigenvalue weighted by atomic mass is 32.1. The van der Waals surface area contributed by atoms with Gasteiger partial charge in [-0.25, -0.2) is 4.98 Å². The largest absolute Gasteiger partial charge is 0.388 e. The Morgan fingerprint density at radius 2 is 2.18 bits per heavy atom. The number of carbonyl (C=O) groups is 1. The van der Waals surface area contributed by atoms with Crippen LogP contribution in [-0.4, -0.2) is 20.6 Å². The molecule has 0 aliphatic heterocycles. The predicted molar refractivity (Wildman–Crippen MR) is 86.6 cm³/mol. The molecule has 1 amide bonds. The maximum atomic E-state index is 12.2. The summed E-state index contributed by atoms with van der Waals surface area (Å²) in [6, 6.07) is 9.60. The van der Waals surface area contributed by atoms with Crippen molar-refractivity contribution in [2.24, 2.45) is 0 Å². The van der Waals surface area contributed by atoms with Crippen LogP contribution in [0.15, 0.2) is 35.7 Å². The third-order valence-corrected chi connectivity index (χ3v) is 4.61. The molecular weight excluding hydrogens is 298 g/mol. The standard InChI is InChI=1S/C16H17N3O2S/c1-11-6-7-22-14(11)8-17-16(21)9-19-13-5-3-2-4-12(13)18-15(19)10-20/h2-7,20H,8-10H2,1H3,(H,17,21). The SMILES string of the molecule is Cc1ccsc1CNC(=O)Cn1c(CO)nc2ccccc21. The molecule has 2 heterocycles. The quantitative estimate of drug-likeness (QED) is 0.758. The molecule has 0 aliphatic carbocycles. The van der Waals surface area contributed by atoms with Crippen molar-refractivity contribution in [3.05, 3.63) is 52.0 Å². The monoisotopic (exact) mass is 315 g/mol. The van der Waals surface area contributed by atoms with Crippen LogP contribution in [0.4, 0.5) is 0 Å². The van der Waals surface area contributed by atoms with Gasteiger partial charge in [0.2, 0.25) is 5.91 Å². The Morgan fingerprint density at radius 3 is 2.91 bits per heavy atom. The molecule has 6 heteroatoms. The number of benzene rings is 1. The molecular formula is C16H17N3O2S. The Bertz CT molecular complexity index is 807. The second-order valence-corrected chi connectivity index (χ2v) is 6.07. The lowest BCUT2D eigenvalue weighted by molar-refractivity contribution is -0.121. The number of thiophene rings is 1. The molecule has 1 aromatic carbocycles. The van der Waals surface area contributed by atoms with E-state index in [0.29, 0.717) is 12.4 Å². The number of aliphatic hydroxyl groups is 1. The summed E-state index contributed by atoms with van der Waals surface area (Å²) in [5.41, 5.74) is 2.83. The van der Waals surface area contributed by atoms with Crippen molar-refractivity contribution < 1.29 is 9.90 Å². The average Bonchev–Trinajstić information content (AvgIpc) is 3.09. The molecule has 2 N–H and O–H groups in total. The van der Waals surface area contributed by atoms with E-state index in [-0.39, 0.29) is 19.1 Å². The number of aliphatic hydroxyl groups excluding tert-OH is 1. The minimum Gasteiger partial charge on any atom is -0.388 e. The van der Waals surface area contributed by atoms with Gasteiger partial charge in [0, 0.05) is 4.88 Å². The van der Waals surface area contributed by atoms with Gasteiger partial charge in [0.1, 0.15) is 19.0 Å².